The molecule has 0 radical (unpaired) electrons. The van der Waals surface area contributed by atoms with Gasteiger partial charge in [-0.05, 0) is 55.3 Å². The number of aryl methyl sites for hydroxylation is 1. The number of rotatable bonds is 6. The Morgan fingerprint density at radius 1 is 1.20 bits per heavy atom. The third-order valence-electron chi connectivity index (χ3n) is 7.15. The summed E-state index contributed by atoms with van der Waals surface area (Å²) in [7, 11) is 0. The smallest absolute Gasteiger partial charge is 0.355 e. The molecule has 0 aliphatic carbocycles. The highest BCUT2D eigenvalue weighted by atomic mass is 35.5. The van der Waals surface area contributed by atoms with Gasteiger partial charge in [0.15, 0.2) is 5.65 Å². The molecule has 1 aliphatic heterocycles. The molecule has 2 aromatic carbocycles. The highest BCUT2D eigenvalue weighted by molar-refractivity contribution is 6.34. The average Bonchev–Trinajstić information content (AvgIpc) is 2.94. The number of fused-ring (bicyclic) bond motifs is 1. The van der Waals surface area contributed by atoms with Gasteiger partial charge in [0.1, 0.15) is 17.4 Å². The van der Waals surface area contributed by atoms with E-state index in [1.54, 1.807) is 11.0 Å². The molecule has 0 unspecified atom stereocenters. The fourth-order valence-electron chi connectivity index (χ4n) is 5.24. The van der Waals surface area contributed by atoms with E-state index in [1.165, 1.54) is 16.7 Å². The first-order valence-electron chi connectivity index (χ1n) is 13.1. The number of carbonyl (C=O) groups is 1. The molecule has 1 N–H and O–H groups in total. The van der Waals surface area contributed by atoms with Gasteiger partial charge in [-0.15, -0.1) is 0 Å². The summed E-state index contributed by atoms with van der Waals surface area (Å²) in [6, 6.07) is 12.6. The summed E-state index contributed by atoms with van der Waals surface area (Å²) in [5.74, 6) is -0.516. The van der Waals surface area contributed by atoms with Gasteiger partial charge in [0.05, 0.1) is 21.8 Å². The zero-order chi connectivity index (χ0) is 28.6. The molecule has 3 heterocycles. The number of carbonyl (C=O) groups excluding carboxylic acids is 1. The van der Waals surface area contributed by atoms with Crippen LogP contribution in [0.1, 0.15) is 25.8 Å². The third kappa shape index (κ3) is 4.93. The minimum absolute atomic E-state index is 0.107. The Bertz CT molecular complexity index is 1690. The monoisotopic (exact) mass is 561 g/mol. The normalized spacial score (nSPS) is 15.4. The summed E-state index contributed by atoms with van der Waals surface area (Å²) < 4.78 is 15.6. The molecule has 1 aliphatic rings. The van der Waals surface area contributed by atoms with E-state index in [2.05, 4.69) is 18.5 Å². The molecule has 0 spiro atoms. The lowest BCUT2D eigenvalue weighted by atomic mass is 10.1. The number of pyridine rings is 1. The van der Waals surface area contributed by atoms with Crippen LogP contribution in [0.15, 0.2) is 66.0 Å². The number of hydrogen-bond donors (Lipinski definition) is 1. The number of phenolic OH excluding ortho intramolecular Hbond substituents is 1. The highest BCUT2D eigenvalue weighted by Gasteiger charge is 2.30. The van der Waals surface area contributed by atoms with Crippen molar-refractivity contribution in [2.24, 2.45) is 0 Å². The van der Waals surface area contributed by atoms with Crippen molar-refractivity contribution >= 4 is 34.4 Å². The van der Waals surface area contributed by atoms with Crippen LogP contribution in [0.5, 0.6) is 5.75 Å². The van der Waals surface area contributed by atoms with Crippen molar-refractivity contribution in [3.8, 4) is 22.7 Å². The summed E-state index contributed by atoms with van der Waals surface area (Å²) in [5, 5.41) is 11.2. The lowest BCUT2D eigenvalue weighted by Crippen LogP contribution is -2.54. The number of hydrogen-bond acceptors (Lipinski definition) is 6. The Kier molecular flexibility index (Phi) is 7.58. The average molecular weight is 562 g/mol. The van der Waals surface area contributed by atoms with Gasteiger partial charge in [-0.3, -0.25) is 4.79 Å². The maximum Gasteiger partial charge on any atom is 0.355 e. The summed E-state index contributed by atoms with van der Waals surface area (Å²) in [5.41, 5.74) is 1.57. The van der Waals surface area contributed by atoms with E-state index in [0.29, 0.717) is 36.5 Å². The Hall–Kier alpha value is -4.24. The SMILES string of the molecule is C=CC(=O)N1CCN(c2nc(=O)n(-c3ccccc3CCC)c3nc(-c4cc(F)ccc4O)c(Cl)cc23)[C@@H](C)C1. The zero-order valence-corrected chi connectivity index (χ0v) is 23.0. The molecule has 1 amide bonds. The number of aromatic hydroxyl groups is 1. The quantitative estimate of drug-likeness (QED) is 0.329. The standard InChI is InChI=1S/C30H29ClFN5O3/c1-4-8-19-9-6-7-10-24(19)37-29-22(16-23(31)27(33-29)21-15-20(32)11-12-25(21)38)28(34-30(37)40)36-14-13-35(17-18(36)3)26(39)5-2/h5-7,9-12,15-16,18,38H,2,4,8,13-14,17H2,1,3H3/t18-/m0/s1. The van der Waals surface area contributed by atoms with Gasteiger partial charge in [-0.25, -0.2) is 18.7 Å². The van der Waals surface area contributed by atoms with E-state index in [0.717, 1.165) is 30.5 Å². The van der Waals surface area contributed by atoms with Crippen LogP contribution >= 0.6 is 11.6 Å². The molecular weight excluding hydrogens is 533 g/mol. The number of amides is 1. The molecule has 5 rings (SSSR count). The predicted molar refractivity (Wildman–Crippen MR) is 155 cm³/mol. The van der Waals surface area contributed by atoms with E-state index in [1.807, 2.05) is 36.1 Å². The van der Waals surface area contributed by atoms with Crippen LogP contribution in [0.25, 0.3) is 28.0 Å². The maximum absolute atomic E-state index is 14.2. The van der Waals surface area contributed by atoms with E-state index in [-0.39, 0.29) is 39.6 Å². The number of nitrogens with zero attached hydrogens (tertiary/aromatic N) is 5. The number of aromatic nitrogens is 3. The molecule has 10 heteroatoms. The van der Waals surface area contributed by atoms with Crippen LogP contribution in [0.2, 0.25) is 5.02 Å². The summed E-state index contributed by atoms with van der Waals surface area (Å²) in [6.45, 7) is 8.87. The first-order chi connectivity index (χ1) is 19.2. The van der Waals surface area contributed by atoms with Crippen molar-refractivity contribution in [1.29, 1.82) is 0 Å². The Balaban J connectivity index is 1.78. The second-order valence-corrected chi connectivity index (χ2v) is 10.2. The van der Waals surface area contributed by atoms with Gasteiger partial charge in [-0.1, -0.05) is 49.7 Å². The molecule has 1 atom stereocenters. The van der Waals surface area contributed by atoms with Crippen LogP contribution in [-0.2, 0) is 11.2 Å². The number of phenols is 1. The highest BCUT2D eigenvalue weighted by Crippen LogP contribution is 2.37. The van der Waals surface area contributed by atoms with Crippen LogP contribution in [0.4, 0.5) is 10.2 Å². The largest absolute Gasteiger partial charge is 0.507 e. The summed E-state index contributed by atoms with van der Waals surface area (Å²) in [6.07, 6.45) is 2.88. The molecule has 40 heavy (non-hydrogen) atoms. The van der Waals surface area contributed by atoms with Gasteiger partial charge in [0.2, 0.25) is 5.91 Å². The van der Waals surface area contributed by atoms with Crippen molar-refractivity contribution in [2.75, 3.05) is 24.5 Å². The van der Waals surface area contributed by atoms with E-state index >= 15 is 0 Å². The summed E-state index contributed by atoms with van der Waals surface area (Å²) >= 11 is 6.72. The Morgan fingerprint density at radius 2 is 1.98 bits per heavy atom. The molecule has 8 nitrogen and oxygen atoms in total. The lowest BCUT2D eigenvalue weighted by molar-refractivity contribution is -0.126. The third-order valence-corrected chi connectivity index (χ3v) is 7.44. The van der Waals surface area contributed by atoms with Crippen molar-refractivity contribution in [3.05, 3.63) is 88.1 Å². The van der Waals surface area contributed by atoms with Crippen LogP contribution in [0, 0.1) is 5.82 Å². The molecule has 206 valence electrons. The van der Waals surface area contributed by atoms with Crippen molar-refractivity contribution in [3.63, 3.8) is 0 Å². The molecule has 0 bridgehead atoms. The maximum atomic E-state index is 14.2. The molecule has 1 saturated heterocycles. The van der Waals surface area contributed by atoms with Gasteiger partial charge in [0.25, 0.3) is 0 Å². The molecule has 0 saturated carbocycles. The number of anilines is 1. The second kappa shape index (κ2) is 11.1. The van der Waals surface area contributed by atoms with Gasteiger partial charge in [-0.2, -0.15) is 4.98 Å². The molecular formula is C30H29ClFN5O3. The fraction of sp³-hybridized carbons (Fsp3) is 0.267. The van der Waals surface area contributed by atoms with E-state index in [4.69, 9.17) is 16.6 Å². The molecule has 4 aromatic rings. The first kappa shape index (κ1) is 27.3. The molecule has 2 aromatic heterocycles. The Morgan fingerprint density at radius 3 is 2.70 bits per heavy atom. The zero-order valence-electron chi connectivity index (χ0n) is 22.3. The first-order valence-corrected chi connectivity index (χ1v) is 13.5. The van der Waals surface area contributed by atoms with E-state index in [9.17, 15) is 19.1 Å². The van der Waals surface area contributed by atoms with Gasteiger partial charge in [0, 0.05) is 31.2 Å². The summed E-state index contributed by atoms with van der Waals surface area (Å²) in [4.78, 5) is 39.0. The van der Waals surface area contributed by atoms with Crippen molar-refractivity contribution in [1.82, 2.24) is 19.4 Å². The van der Waals surface area contributed by atoms with Crippen LogP contribution in [-0.4, -0.2) is 56.1 Å². The van der Waals surface area contributed by atoms with Crippen molar-refractivity contribution in [2.45, 2.75) is 32.7 Å². The predicted octanol–water partition coefficient (Wildman–Crippen LogP) is 5.12. The van der Waals surface area contributed by atoms with Gasteiger partial charge >= 0.3 is 5.69 Å². The van der Waals surface area contributed by atoms with Gasteiger partial charge < -0.3 is 14.9 Å². The van der Waals surface area contributed by atoms with Crippen LogP contribution < -0.4 is 10.6 Å². The van der Waals surface area contributed by atoms with Crippen LogP contribution in [0.3, 0.4) is 0 Å². The lowest BCUT2D eigenvalue weighted by Gasteiger charge is -2.40. The topological polar surface area (TPSA) is 91.6 Å². The van der Waals surface area contributed by atoms with Crippen molar-refractivity contribution < 1.29 is 14.3 Å². The van der Waals surface area contributed by atoms with E-state index < -0.39 is 11.5 Å². The number of benzene rings is 2. The fourth-order valence-corrected chi connectivity index (χ4v) is 5.49. The minimum atomic E-state index is -0.562. The minimum Gasteiger partial charge on any atom is -0.507 e. The second-order valence-electron chi connectivity index (χ2n) is 9.81. The number of piperazine rings is 1. The number of para-hydroxylation sites is 1. The Labute approximate surface area is 236 Å². The number of halogens is 2. The molecule has 1 fully saturated rings.